The number of fused-ring (bicyclic) bond motifs is 1. The maximum Gasteiger partial charge on any atom is 0.230 e. The third-order valence-corrected chi connectivity index (χ3v) is 4.44. The summed E-state index contributed by atoms with van der Waals surface area (Å²) < 4.78 is 3.89. The van der Waals surface area contributed by atoms with E-state index in [1.165, 1.54) is 0 Å². The van der Waals surface area contributed by atoms with Gasteiger partial charge in [0.2, 0.25) is 5.91 Å². The van der Waals surface area contributed by atoms with Gasteiger partial charge in [0, 0.05) is 39.8 Å². The van der Waals surface area contributed by atoms with Crippen LogP contribution in [-0.2, 0) is 32.0 Å². The van der Waals surface area contributed by atoms with Crippen LogP contribution >= 0.6 is 0 Å². The number of amides is 1. The van der Waals surface area contributed by atoms with Gasteiger partial charge in [-0.1, -0.05) is 0 Å². The van der Waals surface area contributed by atoms with Crippen molar-refractivity contribution in [3.63, 3.8) is 0 Å². The molecule has 3 rings (SSSR count). The molecule has 1 N–H and O–H groups in total. The molecule has 1 amide bonds. The molecule has 0 unspecified atom stereocenters. The molecule has 0 saturated carbocycles. The van der Waals surface area contributed by atoms with Gasteiger partial charge in [-0.25, -0.2) is 4.98 Å². The number of aromatic nitrogens is 4. The highest BCUT2D eigenvalue weighted by atomic mass is 16.2. The average molecular weight is 330 g/mol. The maximum atomic E-state index is 12.7. The van der Waals surface area contributed by atoms with Gasteiger partial charge in [0.25, 0.3) is 0 Å². The molecule has 130 valence electrons. The van der Waals surface area contributed by atoms with Crippen molar-refractivity contribution >= 4 is 5.91 Å². The predicted molar refractivity (Wildman–Crippen MR) is 91.3 cm³/mol. The molecule has 0 saturated heterocycles. The second-order valence-electron chi connectivity index (χ2n) is 6.97. The van der Waals surface area contributed by atoms with Gasteiger partial charge in [0.1, 0.15) is 0 Å². The summed E-state index contributed by atoms with van der Waals surface area (Å²) in [5.74, 6) is -0.126. The fourth-order valence-electron chi connectivity index (χ4n) is 3.43. The first-order valence-corrected chi connectivity index (χ1v) is 8.37. The summed E-state index contributed by atoms with van der Waals surface area (Å²) in [4.78, 5) is 19.5. The average Bonchev–Trinajstić information content (AvgIpc) is 3.00. The lowest BCUT2D eigenvalue weighted by molar-refractivity contribution is -0.124. The van der Waals surface area contributed by atoms with Crippen LogP contribution in [0.2, 0.25) is 0 Å². The highest BCUT2D eigenvalue weighted by Gasteiger charge is 2.34. The Kier molecular flexibility index (Phi) is 4.45. The van der Waals surface area contributed by atoms with Crippen LogP contribution in [0.25, 0.3) is 0 Å². The number of hydrogen-bond acceptors (Lipinski definition) is 4. The van der Waals surface area contributed by atoms with Gasteiger partial charge in [-0.05, 0) is 26.8 Å². The number of nitrogens with zero attached hydrogens (tertiary/aromatic N) is 5. The molecule has 0 spiro atoms. The lowest BCUT2D eigenvalue weighted by Crippen LogP contribution is -2.43. The number of carbonyl (C=O) groups is 1. The summed E-state index contributed by atoms with van der Waals surface area (Å²) >= 11 is 0. The molecule has 0 bridgehead atoms. The van der Waals surface area contributed by atoms with Crippen molar-refractivity contribution in [2.24, 2.45) is 14.1 Å². The van der Waals surface area contributed by atoms with Gasteiger partial charge in [-0.3, -0.25) is 14.4 Å². The van der Waals surface area contributed by atoms with Gasteiger partial charge in [-0.2, -0.15) is 5.10 Å². The number of imidazole rings is 1. The van der Waals surface area contributed by atoms with Crippen LogP contribution in [0.1, 0.15) is 42.5 Å². The van der Waals surface area contributed by atoms with Crippen LogP contribution in [0.15, 0.2) is 12.4 Å². The molecule has 0 radical (unpaired) electrons. The van der Waals surface area contributed by atoms with E-state index in [9.17, 15) is 4.79 Å². The third kappa shape index (κ3) is 3.21. The zero-order valence-corrected chi connectivity index (χ0v) is 15.1. The van der Waals surface area contributed by atoms with Gasteiger partial charge < -0.3 is 9.88 Å². The first kappa shape index (κ1) is 16.7. The third-order valence-electron chi connectivity index (χ3n) is 4.44. The van der Waals surface area contributed by atoms with E-state index in [2.05, 4.69) is 26.4 Å². The number of rotatable bonds is 4. The summed E-state index contributed by atoms with van der Waals surface area (Å²) in [6.07, 6.45) is 1.80. The Morgan fingerprint density at radius 3 is 2.79 bits per heavy atom. The second kappa shape index (κ2) is 6.39. The first-order valence-electron chi connectivity index (χ1n) is 8.37. The molecule has 7 heteroatoms. The van der Waals surface area contributed by atoms with E-state index >= 15 is 0 Å². The van der Waals surface area contributed by atoms with Crippen molar-refractivity contribution in [1.82, 2.24) is 29.5 Å². The molecule has 0 aromatic carbocycles. The highest BCUT2D eigenvalue weighted by Crippen LogP contribution is 2.28. The van der Waals surface area contributed by atoms with Crippen LogP contribution < -0.4 is 5.32 Å². The van der Waals surface area contributed by atoms with E-state index in [1.807, 2.05) is 44.1 Å². The summed E-state index contributed by atoms with van der Waals surface area (Å²) in [5, 5.41) is 7.46. The first-order chi connectivity index (χ1) is 11.3. The van der Waals surface area contributed by atoms with Gasteiger partial charge >= 0.3 is 0 Å². The molecule has 24 heavy (non-hydrogen) atoms. The Morgan fingerprint density at radius 2 is 2.17 bits per heavy atom. The monoisotopic (exact) mass is 330 g/mol. The Morgan fingerprint density at radius 1 is 1.42 bits per heavy atom. The van der Waals surface area contributed by atoms with Gasteiger partial charge in [0.15, 0.2) is 0 Å². The van der Waals surface area contributed by atoms with E-state index in [0.717, 1.165) is 35.9 Å². The largest absolute Gasteiger partial charge is 0.353 e. The summed E-state index contributed by atoms with van der Waals surface area (Å²) in [6.45, 7) is 8.18. The predicted octanol–water partition coefficient (Wildman–Crippen LogP) is 1.09. The van der Waals surface area contributed by atoms with E-state index in [-0.39, 0.29) is 17.9 Å². The quantitative estimate of drug-likeness (QED) is 0.911. The molecule has 0 fully saturated rings. The van der Waals surface area contributed by atoms with Crippen molar-refractivity contribution in [2.45, 2.75) is 45.8 Å². The Labute approximate surface area is 142 Å². The fourth-order valence-corrected chi connectivity index (χ4v) is 3.43. The number of aryl methyl sites for hydroxylation is 3. The van der Waals surface area contributed by atoms with Crippen LogP contribution in [0.3, 0.4) is 0 Å². The Balaban J connectivity index is 1.85. The molecule has 1 atom stereocenters. The highest BCUT2D eigenvalue weighted by molar-refractivity contribution is 5.84. The Bertz CT molecular complexity index is 744. The van der Waals surface area contributed by atoms with E-state index in [0.29, 0.717) is 6.54 Å². The topological polar surface area (TPSA) is 68.0 Å². The van der Waals surface area contributed by atoms with Gasteiger partial charge in [0.05, 0.1) is 35.0 Å². The zero-order chi connectivity index (χ0) is 17.4. The lowest BCUT2D eigenvalue weighted by Gasteiger charge is -2.32. The fraction of sp³-hybridized carbons (Fsp3) is 0.588. The second-order valence-corrected chi connectivity index (χ2v) is 6.97. The van der Waals surface area contributed by atoms with Gasteiger partial charge in [-0.15, -0.1) is 0 Å². The van der Waals surface area contributed by atoms with Crippen molar-refractivity contribution in [3.8, 4) is 0 Å². The smallest absolute Gasteiger partial charge is 0.230 e. The van der Waals surface area contributed by atoms with Crippen LogP contribution in [0, 0.1) is 6.92 Å². The van der Waals surface area contributed by atoms with Crippen LogP contribution in [-0.4, -0.2) is 42.7 Å². The number of carbonyl (C=O) groups excluding carboxylic acids is 1. The lowest BCUT2D eigenvalue weighted by atomic mass is 9.96. The molecule has 1 aliphatic rings. The SMILES string of the molecule is Cc1cc(CN2Cc3ncn(C)c3[C@@H](C(=O)NC(C)C)C2)n(C)n1. The van der Waals surface area contributed by atoms with Crippen LogP contribution in [0.5, 0.6) is 0 Å². The molecular formula is C17H26N6O. The molecule has 3 heterocycles. The van der Waals surface area contributed by atoms with Crippen molar-refractivity contribution in [3.05, 3.63) is 35.2 Å². The molecule has 2 aromatic heterocycles. The van der Waals surface area contributed by atoms with E-state index in [1.54, 1.807) is 6.33 Å². The minimum Gasteiger partial charge on any atom is -0.353 e. The standard InChI is InChI=1S/C17H26N6O/c1-11(2)19-17(24)14-8-23(7-13-6-12(3)20-22(13)5)9-15-16(14)21(4)10-18-15/h6,10-11,14H,7-9H2,1-5H3,(H,19,24)/t14-/m0/s1. The molecule has 0 aliphatic carbocycles. The zero-order valence-electron chi connectivity index (χ0n) is 15.1. The van der Waals surface area contributed by atoms with Crippen molar-refractivity contribution < 1.29 is 4.79 Å². The van der Waals surface area contributed by atoms with Crippen molar-refractivity contribution in [2.75, 3.05) is 6.54 Å². The molecule has 1 aliphatic heterocycles. The van der Waals surface area contributed by atoms with Crippen LogP contribution in [0.4, 0.5) is 0 Å². The molecule has 2 aromatic rings. The van der Waals surface area contributed by atoms with Crippen molar-refractivity contribution in [1.29, 1.82) is 0 Å². The summed E-state index contributed by atoms with van der Waals surface area (Å²) in [7, 11) is 3.92. The minimum absolute atomic E-state index is 0.0701. The van der Waals surface area contributed by atoms with E-state index < -0.39 is 0 Å². The minimum atomic E-state index is -0.196. The summed E-state index contributed by atoms with van der Waals surface area (Å²) in [6, 6.07) is 2.22. The maximum absolute atomic E-state index is 12.7. The number of nitrogens with one attached hydrogen (secondary N) is 1. The summed E-state index contributed by atoms with van der Waals surface area (Å²) in [5.41, 5.74) is 4.18. The number of hydrogen-bond donors (Lipinski definition) is 1. The Hall–Kier alpha value is -2.15. The molecule has 7 nitrogen and oxygen atoms in total. The normalized spacial score (nSPS) is 18.0. The molecular weight excluding hydrogens is 304 g/mol. The van der Waals surface area contributed by atoms with E-state index in [4.69, 9.17) is 0 Å².